The second-order valence-corrected chi connectivity index (χ2v) is 4.87. The minimum absolute atomic E-state index is 0.488. The molecule has 0 radical (unpaired) electrons. The number of nitrogens with one attached hydrogen (secondary N) is 1. The van der Waals surface area contributed by atoms with Gasteiger partial charge in [-0.05, 0) is 19.1 Å². The molecule has 3 rings (SSSR count). The molecule has 3 aromatic rings. The van der Waals surface area contributed by atoms with Crippen LogP contribution in [0.4, 0.5) is 11.6 Å². The van der Waals surface area contributed by atoms with E-state index in [1.165, 1.54) is 6.33 Å². The Hall–Kier alpha value is -2.77. The predicted molar refractivity (Wildman–Crippen MR) is 79.2 cm³/mol. The van der Waals surface area contributed by atoms with Gasteiger partial charge in [-0.1, -0.05) is 0 Å². The van der Waals surface area contributed by atoms with Crippen LogP contribution in [0.3, 0.4) is 0 Å². The first-order chi connectivity index (χ1) is 10.1. The molecule has 3 heterocycles. The molecule has 1 N–H and O–H groups in total. The van der Waals surface area contributed by atoms with Crippen LogP contribution in [-0.2, 0) is 6.54 Å². The number of fused-ring (bicyclic) bond motifs is 1. The van der Waals surface area contributed by atoms with Gasteiger partial charge in [0.25, 0.3) is 0 Å². The standard InChI is InChI=1S/C13H16N8/c1-9-6-10(16-8-15-9)14-7-13-18-17-11-4-5-12(20(2)3)19-21(11)13/h4-6,8H,7H2,1-3H3,(H,14,15,16). The third-order valence-electron chi connectivity index (χ3n) is 3.00. The zero-order valence-electron chi connectivity index (χ0n) is 12.1. The lowest BCUT2D eigenvalue weighted by Gasteiger charge is -2.11. The van der Waals surface area contributed by atoms with Crippen molar-refractivity contribution in [2.24, 2.45) is 0 Å². The molecule has 0 aliphatic carbocycles. The Kier molecular flexibility index (Phi) is 3.35. The molecule has 0 saturated heterocycles. The molecule has 8 nitrogen and oxygen atoms in total. The molecule has 0 aliphatic rings. The van der Waals surface area contributed by atoms with Gasteiger partial charge in [-0.15, -0.1) is 15.3 Å². The van der Waals surface area contributed by atoms with Crippen LogP contribution in [0.25, 0.3) is 5.65 Å². The number of aryl methyl sites for hydroxylation is 1. The van der Waals surface area contributed by atoms with E-state index in [4.69, 9.17) is 0 Å². The van der Waals surface area contributed by atoms with Gasteiger partial charge in [0.2, 0.25) is 0 Å². The van der Waals surface area contributed by atoms with E-state index < -0.39 is 0 Å². The van der Waals surface area contributed by atoms with Gasteiger partial charge >= 0.3 is 0 Å². The van der Waals surface area contributed by atoms with Crippen LogP contribution < -0.4 is 10.2 Å². The second kappa shape index (κ2) is 5.31. The molecule has 0 amide bonds. The maximum absolute atomic E-state index is 4.51. The van der Waals surface area contributed by atoms with Gasteiger partial charge in [0.1, 0.15) is 18.0 Å². The van der Waals surface area contributed by atoms with Crippen LogP contribution in [0.2, 0.25) is 0 Å². The highest BCUT2D eigenvalue weighted by Crippen LogP contribution is 2.10. The summed E-state index contributed by atoms with van der Waals surface area (Å²) >= 11 is 0. The molecule has 0 spiro atoms. The van der Waals surface area contributed by atoms with E-state index in [0.717, 1.165) is 28.8 Å². The van der Waals surface area contributed by atoms with Crippen LogP contribution in [0.15, 0.2) is 24.5 Å². The maximum Gasteiger partial charge on any atom is 0.178 e. The fourth-order valence-electron chi connectivity index (χ4n) is 1.89. The predicted octanol–water partition coefficient (Wildman–Crippen LogP) is 0.901. The number of rotatable bonds is 4. The second-order valence-electron chi connectivity index (χ2n) is 4.87. The summed E-state index contributed by atoms with van der Waals surface area (Å²) in [6, 6.07) is 5.69. The van der Waals surface area contributed by atoms with E-state index in [0.29, 0.717) is 6.54 Å². The van der Waals surface area contributed by atoms with Crippen molar-refractivity contribution in [2.45, 2.75) is 13.5 Å². The maximum atomic E-state index is 4.51. The van der Waals surface area contributed by atoms with E-state index >= 15 is 0 Å². The Bertz CT molecular complexity index is 764. The van der Waals surface area contributed by atoms with Gasteiger partial charge in [-0.3, -0.25) is 0 Å². The van der Waals surface area contributed by atoms with E-state index in [9.17, 15) is 0 Å². The van der Waals surface area contributed by atoms with Crippen molar-refractivity contribution >= 4 is 17.3 Å². The zero-order valence-corrected chi connectivity index (χ0v) is 12.1. The molecule has 3 aromatic heterocycles. The Balaban J connectivity index is 1.85. The topological polar surface area (TPSA) is 84.1 Å². The van der Waals surface area contributed by atoms with Gasteiger partial charge in [0.05, 0.1) is 6.54 Å². The Morgan fingerprint density at radius 1 is 1.19 bits per heavy atom. The lowest BCUT2D eigenvalue weighted by Crippen LogP contribution is -2.14. The largest absolute Gasteiger partial charge is 0.363 e. The molecule has 0 bridgehead atoms. The third kappa shape index (κ3) is 2.73. The summed E-state index contributed by atoms with van der Waals surface area (Å²) in [5.74, 6) is 2.33. The van der Waals surface area contributed by atoms with Crippen LogP contribution in [0, 0.1) is 6.92 Å². The molecule has 8 heteroatoms. The van der Waals surface area contributed by atoms with Crippen LogP contribution in [-0.4, -0.2) is 43.9 Å². The van der Waals surface area contributed by atoms with Gasteiger partial charge < -0.3 is 10.2 Å². The Morgan fingerprint density at radius 3 is 2.81 bits per heavy atom. The molecule has 108 valence electrons. The minimum atomic E-state index is 0.488. The van der Waals surface area contributed by atoms with Gasteiger partial charge in [-0.2, -0.15) is 4.52 Å². The van der Waals surface area contributed by atoms with Crippen LogP contribution in [0.1, 0.15) is 11.5 Å². The molecule has 0 aromatic carbocycles. The monoisotopic (exact) mass is 284 g/mol. The van der Waals surface area contributed by atoms with Gasteiger partial charge in [0, 0.05) is 25.9 Å². The number of nitrogens with zero attached hydrogens (tertiary/aromatic N) is 7. The van der Waals surface area contributed by atoms with Crippen molar-refractivity contribution in [1.29, 1.82) is 0 Å². The van der Waals surface area contributed by atoms with E-state index in [-0.39, 0.29) is 0 Å². The number of aromatic nitrogens is 6. The third-order valence-corrected chi connectivity index (χ3v) is 3.00. The summed E-state index contributed by atoms with van der Waals surface area (Å²) in [5, 5.41) is 16.0. The first kappa shape index (κ1) is 13.2. The van der Waals surface area contributed by atoms with E-state index in [1.807, 2.05) is 44.1 Å². The van der Waals surface area contributed by atoms with Crippen molar-refractivity contribution in [3.05, 3.63) is 36.0 Å². The van der Waals surface area contributed by atoms with E-state index in [2.05, 4.69) is 30.6 Å². The van der Waals surface area contributed by atoms with Gasteiger partial charge in [0.15, 0.2) is 11.5 Å². The number of hydrogen-bond acceptors (Lipinski definition) is 7. The SMILES string of the molecule is Cc1cc(NCc2nnc3ccc(N(C)C)nn23)ncn1. The number of anilines is 2. The van der Waals surface area contributed by atoms with Crippen molar-refractivity contribution in [3.8, 4) is 0 Å². The first-order valence-electron chi connectivity index (χ1n) is 6.54. The van der Waals surface area contributed by atoms with E-state index in [1.54, 1.807) is 4.52 Å². The Morgan fingerprint density at radius 2 is 2.05 bits per heavy atom. The highest BCUT2D eigenvalue weighted by atomic mass is 15.4. The molecular weight excluding hydrogens is 268 g/mol. The molecule has 0 aliphatic heterocycles. The lowest BCUT2D eigenvalue weighted by molar-refractivity contribution is 0.815. The van der Waals surface area contributed by atoms with Gasteiger partial charge in [-0.25, -0.2) is 9.97 Å². The fraction of sp³-hybridized carbons (Fsp3) is 0.308. The molecule has 0 atom stereocenters. The minimum Gasteiger partial charge on any atom is -0.363 e. The van der Waals surface area contributed by atoms with Crippen molar-refractivity contribution in [1.82, 2.24) is 29.8 Å². The average molecular weight is 284 g/mol. The Labute approximate surface area is 121 Å². The zero-order chi connectivity index (χ0) is 14.8. The van der Waals surface area contributed by atoms with Crippen LogP contribution >= 0.6 is 0 Å². The fourth-order valence-corrected chi connectivity index (χ4v) is 1.89. The highest BCUT2D eigenvalue weighted by molar-refractivity contribution is 5.45. The van der Waals surface area contributed by atoms with Crippen molar-refractivity contribution in [3.63, 3.8) is 0 Å². The summed E-state index contributed by atoms with van der Waals surface area (Å²) in [6.07, 6.45) is 1.53. The quantitative estimate of drug-likeness (QED) is 0.762. The number of hydrogen-bond donors (Lipinski definition) is 1. The smallest absolute Gasteiger partial charge is 0.178 e. The van der Waals surface area contributed by atoms with Crippen LogP contribution in [0.5, 0.6) is 0 Å². The average Bonchev–Trinajstić information content (AvgIpc) is 2.87. The molecule has 0 fully saturated rings. The van der Waals surface area contributed by atoms with Crippen molar-refractivity contribution in [2.75, 3.05) is 24.3 Å². The summed E-state index contributed by atoms with van der Waals surface area (Å²) in [7, 11) is 3.89. The summed E-state index contributed by atoms with van der Waals surface area (Å²) in [4.78, 5) is 10.2. The molecular formula is C13H16N8. The lowest BCUT2D eigenvalue weighted by atomic mass is 10.4. The normalized spacial score (nSPS) is 10.8. The highest BCUT2D eigenvalue weighted by Gasteiger charge is 2.08. The first-order valence-corrected chi connectivity index (χ1v) is 6.54. The molecule has 21 heavy (non-hydrogen) atoms. The molecule has 0 unspecified atom stereocenters. The van der Waals surface area contributed by atoms with Crippen molar-refractivity contribution < 1.29 is 0 Å². The summed E-state index contributed by atoms with van der Waals surface area (Å²) in [6.45, 7) is 2.41. The molecule has 0 saturated carbocycles. The summed E-state index contributed by atoms with van der Waals surface area (Å²) < 4.78 is 1.73. The summed E-state index contributed by atoms with van der Waals surface area (Å²) in [5.41, 5.74) is 1.63.